The zero-order valence-corrected chi connectivity index (χ0v) is 11.3. The molecule has 96 valence electrons. The van der Waals surface area contributed by atoms with Crippen LogP contribution in [0.15, 0.2) is 12.1 Å². The van der Waals surface area contributed by atoms with Gasteiger partial charge in [0.1, 0.15) is 11.4 Å². The van der Waals surface area contributed by atoms with Gasteiger partial charge in [0.2, 0.25) is 5.75 Å². The van der Waals surface area contributed by atoms with Crippen LogP contribution < -0.4 is 18.9 Å². The van der Waals surface area contributed by atoms with Crippen molar-refractivity contribution in [2.75, 3.05) is 21.3 Å². The maximum Gasteiger partial charge on any atom is 0.203 e. The zero-order valence-electron chi connectivity index (χ0n) is 11.3. The van der Waals surface area contributed by atoms with Crippen molar-refractivity contribution in [3.05, 3.63) is 12.1 Å². The van der Waals surface area contributed by atoms with E-state index in [1.54, 1.807) is 33.5 Å². The summed E-state index contributed by atoms with van der Waals surface area (Å²) in [5, 5.41) is 0. The van der Waals surface area contributed by atoms with Crippen LogP contribution in [0.4, 0.5) is 0 Å². The molecule has 0 N–H and O–H groups in total. The van der Waals surface area contributed by atoms with Crippen LogP contribution in [0.2, 0.25) is 0 Å². The fraction of sp³-hybridized carbons (Fsp3) is 0.538. The Bertz CT molecular complexity index is 354. The van der Waals surface area contributed by atoms with Gasteiger partial charge >= 0.3 is 0 Å². The summed E-state index contributed by atoms with van der Waals surface area (Å²) in [6.45, 7) is 5.95. The van der Waals surface area contributed by atoms with Gasteiger partial charge in [0.25, 0.3) is 0 Å². The Balaban J connectivity index is 3.18. The molecule has 1 aromatic rings. The lowest BCUT2D eigenvalue weighted by Gasteiger charge is -2.22. The molecule has 0 aliphatic heterocycles. The third-order valence-corrected chi connectivity index (χ3v) is 2.06. The van der Waals surface area contributed by atoms with E-state index >= 15 is 0 Å². The second-order valence-corrected chi connectivity index (χ2v) is 4.58. The second-order valence-electron chi connectivity index (χ2n) is 4.58. The molecule has 0 heterocycles. The first-order valence-corrected chi connectivity index (χ1v) is 5.40. The Morgan fingerprint density at radius 2 is 1.29 bits per heavy atom. The molecule has 0 fully saturated rings. The van der Waals surface area contributed by atoms with E-state index in [0.29, 0.717) is 23.0 Å². The zero-order chi connectivity index (χ0) is 13.1. The topological polar surface area (TPSA) is 36.9 Å². The maximum atomic E-state index is 5.77. The van der Waals surface area contributed by atoms with Gasteiger partial charge in [0.05, 0.1) is 21.3 Å². The fourth-order valence-corrected chi connectivity index (χ4v) is 1.47. The van der Waals surface area contributed by atoms with Crippen LogP contribution in [0.5, 0.6) is 23.0 Å². The summed E-state index contributed by atoms with van der Waals surface area (Å²) in [4.78, 5) is 0. The van der Waals surface area contributed by atoms with Gasteiger partial charge in [-0.15, -0.1) is 0 Å². The number of hydrogen-bond donors (Lipinski definition) is 0. The van der Waals surface area contributed by atoms with E-state index < -0.39 is 0 Å². The van der Waals surface area contributed by atoms with Crippen LogP contribution in [-0.2, 0) is 0 Å². The highest BCUT2D eigenvalue weighted by Crippen LogP contribution is 2.41. The van der Waals surface area contributed by atoms with Crippen LogP contribution in [0, 0.1) is 0 Å². The van der Waals surface area contributed by atoms with Crippen molar-refractivity contribution in [3.8, 4) is 23.0 Å². The van der Waals surface area contributed by atoms with Gasteiger partial charge in [-0.2, -0.15) is 0 Å². The van der Waals surface area contributed by atoms with Gasteiger partial charge in [0, 0.05) is 12.1 Å². The van der Waals surface area contributed by atoms with Gasteiger partial charge in [-0.25, -0.2) is 0 Å². The van der Waals surface area contributed by atoms with Crippen molar-refractivity contribution in [2.45, 2.75) is 26.4 Å². The highest BCUT2D eigenvalue weighted by Gasteiger charge is 2.17. The first-order chi connectivity index (χ1) is 7.91. The molecular formula is C13H20O4. The lowest BCUT2D eigenvalue weighted by atomic mass is 10.2. The molecule has 1 aromatic carbocycles. The van der Waals surface area contributed by atoms with Crippen LogP contribution in [0.25, 0.3) is 0 Å². The van der Waals surface area contributed by atoms with E-state index in [9.17, 15) is 0 Å². The van der Waals surface area contributed by atoms with Crippen molar-refractivity contribution in [1.29, 1.82) is 0 Å². The van der Waals surface area contributed by atoms with Crippen molar-refractivity contribution < 1.29 is 18.9 Å². The van der Waals surface area contributed by atoms with Crippen molar-refractivity contribution in [3.63, 3.8) is 0 Å². The average Bonchev–Trinajstić information content (AvgIpc) is 2.25. The van der Waals surface area contributed by atoms with Crippen LogP contribution >= 0.6 is 0 Å². The Kier molecular flexibility index (Phi) is 4.10. The molecule has 0 aliphatic rings. The number of ether oxygens (including phenoxy) is 4. The molecule has 4 nitrogen and oxygen atoms in total. The minimum absolute atomic E-state index is 0.273. The molecule has 0 atom stereocenters. The lowest BCUT2D eigenvalue weighted by molar-refractivity contribution is 0.129. The van der Waals surface area contributed by atoms with Gasteiger partial charge in [-0.05, 0) is 20.8 Å². The van der Waals surface area contributed by atoms with Crippen molar-refractivity contribution in [2.24, 2.45) is 0 Å². The molecule has 0 saturated carbocycles. The standard InChI is InChI=1S/C13H20O4/c1-13(2,3)17-9-7-10(14-4)12(16-6)11(8-9)15-5/h7-8H,1-6H3. The number of benzene rings is 1. The summed E-state index contributed by atoms with van der Waals surface area (Å²) >= 11 is 0. The predicted octanol–water partition coefficient (Wildman–Crippen LogP) is 2.89. The number of hydrogen-bond acceptors (Lipinski definition) is 4. The second kappa shape index (κ2) is 5.17. The highest BCUT2D eigenvalue weighted by atomic mass is 16.5. The molecule has 0 aliphatic carbocycles. The lowest BCUT2D eigenvalue weighted by Crippen LogP contribution is -2.23. The third kappa shape index (κ3) is 3.44. The summed E-state index contributed by atoms with van der Waals surface area (Å²) in [6.07, 6.45) is 0. The molecule has 4 heteroatoms. The maximum absolute atomic E-state index is 5.77. The summed E-state index contributed by atoms with van der Waals surface area (Å²) in [6, 6.07) is 3.57. The normalized spacial score (nSPS) is 10.9. The van der Waals surface area contributed by atoms with E-state index in [0.717, 1.165) is 0 Å². The van der Waals surface area contributed by atoms with Gasteiger partial charge in [-0.1, -0.05) is 0 Å². The average molecular weight is 240 g/mol. The first kappa shape index (κ1) is 13.5. The minimum Gasteiger partial charge on any atom is -0.493 e. The summed E-state index contributed by atoms with van der Waals surface area (Å²) in [7, 11) is 4.74. The Morgan fingerprint density at radius 3 is 1.59 bits per heavy atom. The molecule has 17 heavy (non-hydrogen) atoms. The highest BCUT2D eigenvalue weighted by molar-refractivity contribution is 5.55. The van der Waals surface area contributed by atoms with Gasteiger partial charge in [-0.3, -0.25) is 0 Å². The van der Waals surface area contributed by atoms with Crippen LogP contribution in [0.1, 0.15) is 20.8 Å². The van der Waals surface area contributed by atoms with Crippen LogP contribution in [-0.4, -0.2) is 26.9 Å². The van der Waals surface area contributed by atoms with Crippen LogP contribution in [0.3, 0.4) is 0 Å². The molecule has 0 saturated heterocycles. The first-order valence-electron chi connectivity index (χ1n) is 5.40. The van der Waals surface area contributed by atoms with E-state index in [1.165, 1.54) is 0 Å². The molecule has 1 rings (SSSR count). The predicted molar refractivity (Wildman–Crippen MR) is 66.5 cm³/mol. The molecule has 0 amide bonds. The minimum atomic E-state index is -0.273. The Morgan fingerprint density at radius 1 is 0.824 bits per heavy atom. The molecule has 0 radical (unpaired) electrons. The number of rotatable bonds is 4. The van der Waals surface area contributed by atoms with Crippen molar-refractivity contribution >= 4 is 0 Å². The molecule has 0 bridgehead atoms. The molecule has 0 unspecified atom stereocenters. The summed E-state index contributed by atoms with van der Waals surface area (Å²) in [5.74, 6) is 2.43. The third-order valence-electron chi connectivity index (χ3n) is 2.06. The monoisotopic (exact) mass is 240 g/mol. The smallest absolute Gasteiger partial charge is 0.203 e. The van der Waals surface area contributed by atoms with Gasteiger partial charge in [0.15, 0.2) is 11.5 Å². The Hall–Kier alpha value is -1.58. The van der Waals surface area contributed by atoms with E-state index in [2.05, 4.69) is 0 Å². The van der Waals surface area contributed by atoms with E-state index in [1.807, 2.05) is 20.8 Å². The van der Waals surface area contributed by atoms with Crippen molar-refractivity contribution in [1.82, 2.24) is 0 Å². The quantitative estimate of drug-likeness (QED) is 0.811. The van der Waals surface area contributed by atoms with E-state index in [4.69, 9.17) is 18.9 Å². The van der Waals surface area contributed by atoms with Gasteiger partial charge < -0.3 is 18.9 Å². The molecule has 0 spiro atoms. The molecule has 0 aromatic heterocycles. The number of methoxy groups -OCH3 is 3. The largest absolute Gasteiger partial charge is 0.493 e. The Labute approximate surface area is 102 Å². The molecular weight excluding hydrogens is 220 g/mol. The summed E-state index contributed by atoms with van der Waals surface area (Å²) < 4.78 is 21.5. The SMILES string of the molecule is COc1cc(OC(C)(C)C)cc(OC)c1OC. The summed E-state index contributed by atoms with van der Waals surface area (Å²) in [5.41, 5.74) is -0.273. The van der Waals surface area contributed by atoms with E-state index in [-0.39, 0.29) is 5.60 Å². The fourth-order valence-electron chi connectivity index (χ4n) is 1.47.